The number of rotatable bonds is 59. The second kappa shape index (κ2) is 56.1. The molecule has 34 nitrogen and oxygen atoms in total. The van der Waals surface area contributed by atoms with Gasteiger partial charge >= 0.3 is 5.97 Å². The summed E-state index contributed by atoms with van der Waals surface area (Å²) in [5.41, 5.74) is 0. The Morgan fingerprint density at radius 3 is 1.31 bits per heavy atom. The number of allylic oxidation sites excluding steroid dienone is 3. The number of unbranched alkanes of at least 4 members (excludes halogenated alkanes) is 30. The highest BCUT2D eigenvalue weighted by Crippen LogP contribution is 2.40. The first-order valence-electron chi connectivity index (χ1n) is 42.7. The molecule has 0 aromatic carbocycles. The van der Waals surface area contributed by atoms with E-state index in [1.54, 1.807) is 6.08 Å². The number of carbonyl (C=O) groups excluding carboxylic acids is 3. The smallest absolute Gasteiger partial charge is 0.364 e. The molecule has 0 bridgehead atoms. The predicted molar refractivity (Wildman–Crippen MR) is 415 cm³/mol. The van der Waals surface area contributed by atoms with Gasteiger partial charge in [0.1, 0.15) is 116 Å². The van der Waals surface area contributed by atoms with Gasteiger partial charge in [0.2, 0.25) is 17.7 Å². The van der Waals surface area contributed by atoms with Crippen LogP contribution < -0.4 is 16.0 Å². The summed E-state index contributed by atoms with van der Waals surface area (Å²) >= 11 is 0. The molecule has 5 heterocycles. The Bertz CT molecular complexity index is 2700. The van der Waals surface area contributed by atoms with Gasteiger partial charge in [-0.25, -0.2) is 4.79 Å². The summed E-state index contributed by atoms with van der Waals surface area (Å²) < 4.78 is 59.1. The minimum atomic E-state index is -3.22. The summed E-state index contributed by atoms with van der Waals surface area (Å²) in [6, 6.07) is -4.66. The van der Waals surface area contributed by atoms with Gasteiger partial charge in [0.05, 0.1) is 63.9 Å². The number of carbonyl (C=O) groups is 4. The Hall–Kier alpha value is -3.68. The van der Waals surface area contributed by atoms with Crippen LogP contribution in [-0.2, 0) is 66.5 Å². The molecule has 20 N–H and O–H groups in total. The standard InChI is InChI=1S/C81H145N3O31/c1-5-7-9-11-13-15-17-19-20-21-22-23-24-25-26-27-28-30-32-34-36-38-40-42-60(95)84-52(53(92)41-39-37-35-33-31-29-18-16-14-12-10-8-6-2)49-106-77-68(101)67(100)71(59(48-89)110-77)111-78-69(102)74(65(98)57(46-87)108-78)113-76-62(83-51(4)91)72(64(97)56(45-86)107-76)112-79-70(103)75(66(99)58(47-88)109-79)115-81(80(104)105)43-54(93)61(82-50(3)90)73(114-81)63(96)55(94)44-85/h19-20,39,41,52-59,61-79,85-89,92-94,96-103H,5-18,21-38,40,42-49H2,1-4H3,(H,82,90)(H,83,91)(H,84,95)(H,104,105)/b20-19-,41-39+/t52-,53+,54?,55+,56?,57?,58?,59?,61+,62?,63+,64+,65-,66-,67+,68?,69?,70?,71+,72+,73?,74-,75-,76-,77+,78-,79-,81-/m0/s1. The normalized spacial score (nSPS) is 33.1. The van der Waals surface area contributed by atoms with Crippen LogP contribution >= 0.6 is 0 Å². The van der Waals surface area contributed by atoms with E-state index in [0.717, 1.165) is 65.2 Å². The van der Waals surface area contributed by atoms with E-state index in [4.69, 9.17) is 47.4 Å². The molecular formula is C81H145N3O31. The number of hydrogen-bond acceptors (Lipinski definition) is 30. The molecule has 0 spiro atoms. The molecule has 115 heavy (non-hydrogen) atoms. The fourth-order valence-corrected chi connectivity index (χ4v) is 15.4. The lowest BCUT2D eigenvalue weighted by molar-refractivity contribution is -0.389. The number of aliphatic carboxylic acids is 1. The molecule has 5 aliphatic rings. The Kier molecular flexibility index (Phi) is 49.7. The lowest BCUT2D eigenvalue weighted by Gasteiger charge is -2.51. The van der Waals surface area contributed by atoms with Crippen molar-refractivity contribution in [2.75, 3.05) is 39.6 Å². The van der Waals surface area contributed by atoms with Gasteiger partial charge < -0.3 is 150 Å². The summed E-state index contributed by atoms with van der Waals surface area (Å²) in [7, 11) is 0. The van der Waals surface area contributed by atoms with E-state index < -0.39 is 235 Å². The Morgan fingerprint density at radius 2 is 0.852 bits per heavy atom. The number of aliphatic hydroxyl groups is 16. The quantitative estimate of drug-likeness (QED) is 0.0305. The lowest BCUT2D eigenvalue weighted by Crippen LogP contribution is -2.71. The van der Waals surface area contributed by atoms with Crippen molar-refractivity contribution in [1.82, 2.24) is 16.0 Å². The number of aliphatic hydroxyl groups excluding tert-OH is 16. The Labute approximate surface area is 677 Å². The van der Waals surface area contributed by atoms with Gasteiger partial charge in [-0.2, -0.15) is 0 Å². The molecule has 0 aromatic rings. The predicted octanol–water partition coefficient (Wildman–Crippen LogP) is 1.85. The Morgan fingerprint density at radius 1 is 0.452 bits per heavy atom. The number of carboxylic acid groups (broad SMARTS) is 1. The van der Waals surface area contributed by atoms with Crippen LogP contribution in [0, 0.1) is 0 Å². The zero-order valence-electron chi connectivity index (χ0n) is 68.2. The maximum atomic E-state index is 13.6. The molecule has 5 saturated heterocycles. The van der Waals surface area contributed by atoms with Crippen LogP contribution in [0.25, 0.3) is 0 Å². The van der Waals surface area contributed by atoms with Crippen molar-refractivity contribution >= 4 is 23.7 Å². The molecule has 5 aliphatic heterocycles. The molecule has 28 atom stereocenters. The monoisotopic (exact) mass is 1660 g/mol. The molecule has 0 aromatic heterocycles. The molecular weight excluding hydrogens is 1510 g/mol. The van der Waals surface area contributed by atoms with Gasteiger partial charge in [0.25, 0.3) is 5.79 Å². The summed E-state index contributed by atoms with van der Waals surface area (Å²) in [6.45, 7) is 0.611. The molecule has 0 saturated carbocycles. The first-order chi connectivity index (χ1) is 55.3. The molecule has 5 rings (SSSR count). The first kappa shape index (κ1) is 102. The number of ether oxygens (including phenoxy) is 10. The fraction of sp³-hybridized carbons (Fsp3) is 0.901. The van der Waals surface area contributed by atoms with Crippen LogP contribution in [-0.4, -0.2) is 321 Å². The average molecular weight is 1660 g/mol. The van der Waals surface area contributed by atoms with Gasteiger partial charge in [-0.15, -0.1) is 0 Å². The van der Waals surface area contributed by atoms with Gasteiger partial charge in [-0.3, -0.25) is 14.4 Å². The van der Waals surface area contributed by atoms with E-state index in [0.29, 0.717) is 12.8 Å². The van der Waals surface area contributed by atoms with Crippen molar-refractivity contribution in [3.8, 4) is 0 Å². The van der Waals surface area contributed by atoms with E-state index in [1.165, 1.54) is 148 Å². The van der Waals surface area contributed by atoms with Crippen molar-refractivity contribution in [3.05, 3.63) is 24.3 Å². The zero-order chi connectivity index (χ0) is 84.4. The van der Waals surface area contributed by atoms with Crippen molar-refractivity contribution < 1.29 is 153 Å². The van der Waals surface area contributed by atoms with Crippen molar-refractivity contribution in [2.45, 2.75) is 424 Å². The number of nitrogens with one attached hydrogen (secondary N) is 3. The molecule has 34 heteroatoms. The number of carboxylic acids is 1. The number of hydrogen-bond donors (Lipinski definition) is 20. The minimum absolute atomic E-state index is 0.166. The Balaban J connectivity index is 1.22. The van der Waals surface area contributed by atoms with E-state index in [2.05, 4.69) is 41.9 Å². The topological polar surface area (TPSA) is 541 Å². The van der Waals surface area contributed by atoms with E-state index in [9.17, 15) is 106 Å². The van der Waals surface area contributed by atoms with Crippen LogP contribution in [0.3, 0.4) is 0 Å². The van der Waals surface area contributed by atoms with Gasteiger partial charge in [-0.05, 0) is 44.9 Å². The van der Waals surface area contributed by atoms with Gasteiger partial charge in [-0.1, -0.05) is 205 Å². The number of amides is 3. The summed E-state index contributed by atoms with van der Waals surface area (Å²) in [6.07, 6.45) is -2.88. The SMILES string of the molecule is CCCCCCCC/C=C\CCCCCCCCCCCCCCCC(=O)N[C@@H](CO[C@@H]1OC(CO)[C@@H](O[C@@H]2OC(CO)[C@H](O)[C@H](O[C@@H]3OC(CO)[C@@H](O)[C@H](O[C@@H]4OC(CO)[C@H](O)[C@H](O[C@]5(C(=O)O)CC(O)[C@@H](NC(C)=O)C([C@H](O)[C@H](O)CO)O5)C4O)C3NC(C)=O)C2O)[C@H](O)C1O)[C@H](O)/C=C/CCCCCCCCCCCCC. The second-order valence-corrected chi connectivity index (χ2v) is 31.7. The maximum Gasteiger partial charge on any atom is 0.364 e. The fourth-order valence-electron chi connectivity index (χ4n) is 15.4. The molecule has 10 unspecified atom stereocenters. The van der Waals surface area contributed by atoms with Crippen molar-refractivity contribution in [3.63, 3.8) is 0 Å². The van der Waals surface area contributed by atoms with Crippen molar-refractivity contribution in [2.24, 2.45) is 0 Å². The largest absolute Gasteiger partial charge is 0.477 e. The van der Waals surface area contributed by atoms with Gasteiger partial charge in [0, 0.05) is 26.7 Å². The highest BCUT2D eigenvalue weighted by atomic mass is 16.8. The third kappa shape index (κ3) is 33.6. The van der Waals surface area contributed by atoms with Crippen LogP contribution in [0.5, 0.6) is 0 Å². The summed E-state index contributed by atoms with van der Waals surface area (Å²) in [4.78, 5) is 52.1. The van der Waals surface area contributed by atoms with E-state index in [1.807, 2.05) is 6.08 Å². The van der Waals surface area contributed by atoms with Gasteiger partial charge in [0.15, 0.2) is 25.2 Å². The maximum absolute atomic E-state index is 13.6. The first-order valence-corrected chi connectivity index (χ1v) is 42.7. The van der Waals surface area contributed by atoms with E-state index >= 15 is 0 Å². The van der Waals surface area contributed by atoms with Crippen LogP contribution in [0.2, 0.25) is 0 Å². The molecule has 3 amide bonds. The third-order valence-corrected chi connectivity index (χ3v) is 22.2. The average Bonchev–Trinajstić information content (AvgIpc) is 0.757. The summed E-state index contributed by atoms with van der Waals surface area (Å²) in [5.74, 6) is -7.39. The third-order valence-electron chi connectivity index (χ3n) is 22.2. The molecule has 670 valence electrons. The van der Waals surface area contributed by atoms with Crippen molar-refractivity contribution in [1.29, 1.82) is 0 Å². The molecule has 0 radical (unpaired) electrons. The second-order valence-electron chi connectivity index (χ2n) is 31.7. The lowest BCUT2D eigenvalue weighted by atomic mass is 9.88. The highest BCUT2D eigenvalue weighted by molar-refractivity contribution is 5.77. The highest BCUT2D eigenvalue weighted by Gasteiger charge is 2.61. The van der Waals surface area contributed by atoms with Crippen LogP contribution in [0.15, 0.2) is 24.3 Å². The molecule has 5 fully saturated rings. The van der Waals surface area contributed by atoms with Crippen LogP contribution in [0.4, 0.5) is 0 Å². The zero-order valence-corrected chi connectivity index (χ0v) is 68.2. The summed E-state index contributed by atoms with van der Waals surface area (Å²) in [5, 5.41) is 197. The van der Waals surface area contributed by atoms with Crippen LogP contribution in [0.1, 0.15) is 252 Å². The molecule has 0 aliphatic carbocycles. The van der Waals surface area contributed by atoms with E-state index in [-0.39, 0.29) is 12.3 Å². The minimum Gasteiger partial charge on any atom is -0.477 e.